The maximum Gasteiger partial charge on any atom is 0.0541 e. The number of aliphatic hydroxyl groups excluding tert-OH is 1. The Balaban J connectivity index is 3.51. The number of nitrogens with two attached hydrogens (primary N) is 1. The minimum atomic E-state index is -0.144. The van der Waals surface area contributed by atoms with Gasteiger partial charge in [0.25, 0.3) is 0 Å². The Kier molecular flexibility index (Phi) is 6.35. The van der Waals surface area contributed by atoms with Gasteiger partial charge in [0.1, 0.15) is 0 Å². The lowest BCUT2D eigenvalue weighted by Crippen LogP contribution is -2.36. The molecule has 0 amide bonds. The highest BCUT2D eigenvalue weighted by Gasteiger charge is 2.16. The SMILES string of the molecule is CCCCC(O)CCC(C)(N)CC. The molecule has 0 fully saturated rings. The van der Waals surface area contributed by atoms with Crippen molar-refractivity contribution >= 4 is 0 Å². The average Bonchev–Trinajstić information content (AvgIpc) is 2.11. The summed E-state index contributed by atoms with van der Waals surface area (Å²) in [5, 5.41) is 9.58. The van der Waals surface area contributed by atoms with Gasteiger partial charge in [0, 0.05) is 5.54 Å². The third-order valence-electron chi connectivity index (χ3n) is 2.75. The molecule has 0 aliphatic carbocycles. The van der Waals surface area contributed by atoms with Gasteiger partial charge in [-0.25, -0.2) is 0 Å². The molecule has 2 heteroatoms. The molecule has 2 nitrogen and oxygen atoms in total. The monoisotopic (exact) mass is 187 g/mol. The Bertz CT molecular complexity index is 123. The molecule has 0 saturated heterocycles. The topological polar surface area (TPSA) is 46.2 Å². The third kappa shape index (κ3) is 7.03. The molecule has 0 spiro atoms. The summed E-state index contributed by atoms with van der Waals surface area (Å²) in [6.45, 7) is 6.30. The molecule has 13 heavy (non-hydrogen) atoms. The van der Waals surface area contributed by atoms with Crippen LogP contribution in [0.25, 0.3) is 0 Å². The van der Waals surface area contributed by atoms with Crippen molar-refractivity contribution in [1.29, 1.82) is 0 Å². The van der Waals surface area contributed by atoms with Crippen molar-refractivity contribution in [3.8, 4) is 0 Å². The predicted molar refractivity (Wildman–Crippen MR) is 57.6 cm³/mol. The van der Waals surface area contributed by atoms with E-state index in [4.69, 9.17) is 5.73 Å². The second-order valence-electron chi connectivity index (χ2n) is 4.34. The molecule has 0 aromatic carbocycles. The molecule has 0 heterocycles. The zero-order chi connectivity index (χ0) is 10.3. The molecule has 2 unspecified atom stereocenters. The Morgan fingerprint density at radius 2 is 1.92 bits per heavy atom. The highest BCUT2D eigenvalue weighted by molar-refractivity contribution is 4.77. The van der Waals surface area contributed by atoms with Crippen LogP contribution in [-0.2, 0) is 0 Å². The molecule has 0 rings (SSSR count). The van der Waals surface area contributed by atoms with Gasteiger partial charge in [-0.15, -0.1) is 0 Å². The predicted octanol–water partition coefficient (Wildman–Crippen LogP) is 2.45. The van der Waals surface area contributed by atoms with Gasteiger partial charge in [-0.05, 0) is 32.6 Å². The molecule has 0 aromatic heterocycles. The van der Waals surface area contributed by atoms with Crippen LogP contribution in [0.2, 0.25) is 0 Å². The van der Waals surface area contributed by atoms with Crippen LogP contribution in [0.3, 0.4) is 0 Å². The van der Waals surface area contributed by atoms with Gasteiger partial charge in [-0.2, -0.15) is 0 Å². The van der Waals surface area contributed by atoms with Crippen LogP contribution < -0.4 is 5.73 Å². The fourth-order valence-electron chi connectivity index (χ4n) is 1.26. The molecular formula is C11H25NO. The fraction of sp³-hybridized carbons (Fsp3) is 1.00. The number of unbranched alkanes of at least 4 members (excludes halogenated alkanes) is 1. The summed E-state index contributed by atoms with van der Waals surface area (Å²) in [7, 11) is 0. The maximum atomic E-state index is 9.58. The maximum absolute atomic E-state index is 9.58. The van der Waals surface area contributed by atoms with Gasteiger partial charge in [0.15, 0.2) is 0 Å². The van der Waals surface area contributed by atoms with E-state index in [0.717, 1.165) is 38.5 Å². The van der Waals surface area contributed by atoms with Gasteiger partial charge in [0.05, 0.1) is 6.10 Å². The third-order valence-corrected chi connectivity index (χ3v) is 2.75. The molecule has 0 aliphatic rings. The minimum Gasteiger partial charge on any atom is -0.393 e. The molecular weight excluding hydrogens is 162 g/mol. The van der Waals surface area contributed by atoms with Gasteiger partial charge in [-0.3, -0.25) is 0 Å². The van der Waals surface area contributed by atoms with Gasteiger partial charge < -0.3 is 10.8 Å². The van der Waals surface area contributed by atoms with Crippen molar-refractivity contribution in [2.45, 2.75) is 70.9 Å². The zero-order valence-electron chi connectivity index (χ0n) is 9.34. The van der Waals surface area contributed by atoms with E-state index >= 15 is 0 Å². The lowest BCUT2D eigenvalue weighted by atomic mass is 9.92. The van der Waals surface area contributed by atoms with E-state index < -0.39 is 0 Å². The lowest BCUT2D eigenvalue weighted by Gasteiger charge is -2.23. The molecule has 0 saturated carbocycles. The second kappa shape index (κ2) is 6.39. The average molecular weight is 187 g/mol. The molecule has 0 aromatic rings. The first-order valence-corrected chi connectivity index (χ1v) is 5.48. The summed E-state index contributed by atoms with van der Waals surface area (Å²) >= 11 is 0. The quantitative estimate of drug-likeness (QED) is 0.643. The first kappa shape index (κ1) is 12.9. The highest BCUT2D eigenvalue weighted by atomic mass is 16.3. The summed E-state index contributed by atoms with van der Waals surface area (Å²) in [5.74, 6) is 0. The number of hydrogen-bond donors (Lipinski definition) is 2. The zero-order valence-corrected chi connectivity index (χ0v) is 9.34. The largest absolute Gasteiger partial charge is 0.393 e. The van der Waals surface area contributed by atoms with Crippen molar-refractivity contribution < 1.29 is 5.11 Å². The van der Waals surface area contributed by atoms with E-state index in [1.165, 1.54) is 0 Å². The van der Waals surface area contributed by atoms with Crippen LogP contribution in [0.15, 0.2) is 0 Å². The summed E-state index contributed by atoms with van der Waals surface area (Å²) in [5.41, 5.74) is 5.89. The van der Waals surface area contributed by atoms with Crippen molar-refractivity contribution in [1.82, 2.24) is 0 Å². The summed E-state index contributed by atoms with van der Waals surface area (Å²) < 4.78 is 0. The van der Waals surface area contributed by atoms with E-state index in [9.17, 15) is 5.11 Å². The fourth-order valence-corrected chi connectivity index (χ4v) is 1.26. The van der Waals surface area contributed by atoms with Crippen molar-refractivity contribution in [2.75, 3.05) is 0 Å². The van der Waals surface area contributed by atoms with Crippen LogP contribution in [-0.4, -0.2) is 16.7 Å². The normalized spacial score (nSPS) is 18.2. The Labute approximate surface area is 82.5 Å². The first-order valence-electron chi connectivity index (χ1n) is 5.48. The van der Waals surface area contributed by atoms with Crippen LogP contribution in [0.1, 0.15) is 59.3 Å². The minimum absolute atomic E-state index is 0.0901. The van der Waals surface area contributed by atoms with Gasteiger partial charge in [0.2, 0.25) is 0 Å². The Morgan fingerprint density at radius 1 is 1.31 bits per heavy atom. The second-order valence-corrected chi connectivity index (χ2v) is 4.34. The van der Waals surface area contributed by atoms with E-state index in [2.05, 4.69) is 20.8 Å². The van der Waals surface area contributed by atoms with E-state index in [-0.39, 0.29) is 11.6 Å². The van der Waals surface area contributed by atoms with Gasteiger partial charge in [-0.1, -0.05) is 26.7 Å². The summed E-state index contributed by atoms with van der Waals surface area (Å²) in [4.78, 5) is 0. The van der Waals surface area contributed by atoms with Crippen molar-refractivity contribution in [3.63, 3.8) is 0 Å². The number of hydrogen-bond acceptors (Lipinski definition) is 2. The molecule has 0 bridgehead atoms. The number of rotatable bonds is 7. The molecule has 3 N–H and O–H groups in total. The summed E-state index contributed by atoms with van der Waals surface area (Å²) in [6, 6.07) is 0. The Morgan fingerprint density at radius 3 is 2.38 bits per heavy atom. The van der Waals surface area contributed by atoms with Gasteiger partial charge >= 0.3 is 0 Å². The van der Waals surface area contributed by atoms with Crippen LogP contribution in [0.4, 0.5) is 0 Å². The first-order chi connectivity index (χ1) is 6.02. The van der Waals surface area contributed by atoms with Crippen LogP contribution in [0, 0.1) is 0 Å². The Hall–Kier alpha value is -0.0800. The standard InChI is InChI=1S/C11H25NO/c1-4-6-7-10(13)8-9-11(3,12)5-2/h10,13H,4-9,12H2,1-3H3. The molecule has 0 aliphatic heterocycles. The van der Waals surface area contributed by atoms with Crippen molar-refractivity contribution in [2.24, 2.45) is 5.73 Å². The molecule has 2 atom stereocenters. The molecule has 0 radical (unpaired) electrons. The highest BCUT2D eigenvalue weighted by Crippen LogP contribution is 2.16. The van der Waals surface area contributed by atoms with Crippen LogP contribution in [0.5, 0.6) is 0 Å². The van der Waals surface area contributed by atoms with E-state index in [0.29, 0.717) is 0 Å². The summed E-state index contributed by atoms with van der Waals surface area (Å²) in [6.07, 6.45) is 5.81. The number of aliphatic hydroxyl groups is 1. The lowest BCUT2D eigenvalue weighted by molar-refractivity contribution is 0.139. The van der Waals surface area contributed by atoms with Crippen molar-refractivity contribution in [3.05, 3.63) is 0 Å². The smallest absolute Gasteiger partial charge is 0.0541 e. The van der Waals surface area contributed by atoms with Crippen LogP contribution >= 0.6 is 0 Å². The molecule has 80 valence electrons. The van der Waals surface area contributed by atoms with E-state index in [1.54, 1.807) is 0 Å². The van der Waals surface area contributed by atoms with E-state index in [1.807, 2.05) is 0 Å².